The van der Waals surface area contributed by atoms with Crippen molar-refractivity contribution in [1.82, 2.24) is 10.2 Å². The molecular weight excluding hydrogens is 530 g/mol. The van der Waals surface area contributed by atoms with E-state index in [9.17, 15) is 14.0 Å². The first-order chi connectivity index (χ1) is 17.8. The molecule has 3 rings (SSSR count). The zero-order chi connectivity index (χ0) is 26.8. The van der Waals surface area contributed by atoms with Gasteiger partial charge in [-0.25, -0.2) is 4.39 Å². The van der Waals surface area contributed by atoms with Crippen LogP contribution >= 0.6 is 35.0 Å². The van der Waals surface area contributed by atoms with Crippen LogP contribution in [0.4, 0.5) is 4.39 Å². The predicted molar refractivity (Wildman–Crippen MR) is 151 cm³/mol. The number of carbonyl (C=O) groups is 2. The molecule has 0 aliphatic rings. The van der Waals surface area contributed by atoms with E-state index in [2.05, 4.69) is 5.32 Å². The van der Waals surface area contributed by atoms with Crippen molar-refractivity contribution in [2.24, 2.45) is 0 Å². The van der Waals surface area contributed by atoms with Crippen molar-refractivity contribution in [2.75, 3.05) is 5.75 Å². The summed E-state index contributed by atoms with van der Waals surface area (Å²) >= 11 is 13.8. The van der Waals surface area contributed by atoms with Gasteiger partial charge in [0, 0.05) is 24.8 Å². The average molecular weight is 562 g/mol. The van der Waals surface area contributed by atoms with E-state index >= 15 is 0 Å². The molecule has 3 aromatic rings. The van der Waals surface area contributed by atoms with Gasteiger partial charge in [0.05, 0.1) is 15.8 Å². The number of thioether (sulfide) groups is 1. The first-order valence-corrected chi connectivity index (χ1v) is 14.1. The smallest absolute Gasteiger partial charge is 0.243 e. The quantitative estimate of drug-likeness (QED) is 0.261. The molecule has 0 heterocycles. The zero-order valence-electron chi connectivity index (χ0n) is 20.9. The van der Waals surface area contributed by atoms with Crippen molar-refractivity contribution in [3.05, 3.63) is 105 Å². The fourth-order valence-corrected chi connectivity index (χ4v) is 4.94. The van der Waals surface area contributed by atoms with E-state index in [4.69, 9.17) is 23.2 Å². The summed E-state index contributed by atoms with van der Waals surface area (Å²) in [4.78, 5) is 28.8. The molecule has 0 aliphatic heterocycles. The Kier molecular flexibility index (Phi) is 11.3. The number of nitrogens with zero attached hydrogens (tertiary/aromatic N) is 1. The number of hydrogen-bond donors (Lipinski definition) is 1. The zero-order valence-corrected chi connectivity index (χ0v) is 23.3. The molecule has 0 saturated carbocycles. The highest BCUT2D eigenvalue weighted by Gasteiger charge is 2.31. The lowest BCUT2D eigenvalue weighted by atomic mass is 10.0. The van der Waals surface area contributed by atoms with E-state index in [0.29, 0.717) is 22.2 Å². The van der Waals surface area contributed by atoms with Gasteiger partial charge in [0.2, 0.25) is 11.8 Å². The van der Waals surface area contributed by atoms with Crippen molar-refractivity contribution in [2.45, 2.75) is 51.1 Å². The van der Waals surface area contributed by atoms with Crippen LogP contribution in [0.15, 0.2) is 72.8 Å². The molecule has 8 heteroatoms. The largest absolute Gasteiger partial charge is 0.352 e. The summed E-state index contributed by atoms with van der Waals surface area (Å²) in [7, 11) is 0. The number of benzene rings is 3. The van der Waals surface area contributed by atoms with Crippen molar-refractivity contribution < 1.29 is 14.0 Å². The van der Waals surface area contributed by atoms with Crippen LogP contribution in [0.5, 0.6) is 0 Å². The van der Waals surface area contributed by atoms with Gasteiger partial charge < -0.3 is 10.2 Å². The minimum Gasteiger partial charge on any atom is -0.352 e. The number of amides is 2. The fourth-order valence-electron chi connectivity index (χ4n) is 3.75. The number of halogens is 3. The maximum Gasteiger partial charge on any atom is 0.243 e. The third-order valence-electron chi connectivity index (χ3n) is 6.02. The lowest BCUT2D eigenvalue weighted by molar-refractivity contribution is -0.139. The van der Waals surface area contributed by atoms with Gasteiger partial charge >= 0.3 is 0 Å². The molecule has 0 saturated heterocycles. The lowest BCUT2D eigenvalue weighted by Crippen LogP contribution is -2.52. The first kappa shape index (κ1) is 29.0. The summed E-state index contributed by atoms with van der Waals surface area (Å²) in [6.45, 7) is 4.15. The molecule has 0 aliphatic carbocycles. The highest BCUT2D eigenvalue weighted by atomic mass is 35.5. The highest BCUT2D eigenvalue weighted by Crippen LogP contribution is 2.25. The van der Waals surface area contributed by atoms with Gasteiger partial charge in [0.15, 0.2) is 0 Å². The van der Waals surface area contributed by atoms with E-state index in [1.807, 2.05) is 50.2 Å². The van der Waals surface area contributed by atoms with Crippen LogP contribution in [0.1, 0.15) is 37.0 Å². The molecule has 4 nitrogen and oxygen atoms in total. The molecule has 3 aromatic carbocycles. The van der Waals surface area contributed by atoms with Crippen molar-refractivity contribution in [3.8, 4) is 0 Å². The molecule has 37 heavy (non-hydrogen) atoms. The Morgan fingerprint density at radius 2 is 1.62 bits per heavy atom. The van der Waals surface area contributed by atoms with Crippen LogP contribution in [-0.4, -0.2) is 34.6 Å². The minimum atomic E-state index is -0.718. The molecule has 0 spiro atoms. The van der Waals surface area contributed by atoms with Gasteiger partial charge in [-0.1, -0.05) is 78.7 Å². The summed E-state index contributed by atoms with van der Waals surface area (Å²) in [5.41, 5.74) is 2.66. The second kappa shape index (κ2) is 14.4. The Balaban J connectivity index is 1.87. The second-order valence-electron chi connectivity index (χ2n) is 8.91. The van der Waals surface area contributed by atoms with E-state index in [1.54, 1.807) is 29.2 Å². The third kappa shape index (κ3) is 9.06. The van der Waals surface area contributed by atoms with Crippen LogP contribution in [0.2, 0.25) is 10.0 Å². The minimum absolute atomic E-state index is 0.0273. The molecule has 0 fully saturated rings. The van der Waals surface area contributed by atoms with Crippen LogP contribution < -0.4 is 5.32 Å². The van der Waals surface area contributed by atoms with Crippen LogP contribution in [-0.2, 0) is 28.3 Å². The van der Waals surface area contributed by atoms with Crippen LogP contribution in [0, 0.1) is 5.82 Å². The Bertz CT molecular complexity index is 1180. The predicted octanol–water partition coefficient (Wildman–Crippen LogP) is 6.92. The van der Waals surface area contributed by atoms with Crippen molar-refractivity contribution >= 4 is 46.8 Å². The second-order valence-corrected chi connectivity index (χ2v) is 10.7. The first-order valence-electron chi connectivity index (χ1n) is 12.2. The molecule has 196 valence electrons. The van der Waals surface area contributed by atoms with Crippen LogP contribution in [0.3, 0.4) is 0 Å². The lowest BCUT2D eigenvalue weighted by Gasteiger charge is -2.32. The van der Waals surface area contributed by atoms with Crippen LogP contribution in [0.25, 0.3) is 0 Å². The number of rotatable bonds is 12. The summed E-state index contributed by atoms with van der Waals surface area (Å²) in [5, 5.41) is 3.87. The fraction of sp³-hybridized carbons (Fsp3) is 0.310. The Hall–Kier alpha value is -2.54. The van der Waals surface area contributed by atoms with Gasteiger partial charge in [-0.05, 0) is 54.3 Å². The molecule has 2 amide bonds. The maximum absolute atomic E-state index is 13.6. The summed E-state index contributed by atoms with van der Waals surface area (Å²) in [6, 6.07) is 20.4. The maximum atomic E-state index is 13.6. The monoisotopic (exact) mass is 560 g/mol. The molecule has 0 bridgehead atoms. The summed E-state index contributed by atoms with van der Waals surface area (Å²) < 4.78 is 13.2. The van der Waals surface area contributed by atoms with Gasteiger partial charge in [-0.2, -0.15) is 0 Å². The van der Waals surface area contributed by atoms with E-state index < -0.39 is 6.04 Å². The molecule has 0 radical (unpaired) electrons. The van der Waals surface area contributed by atoms with Crippen molar-refractivity contribution in [1.29, 1.82) is 0 Å². The highest BCUT2D eigenvalue weighted by molar-refractivity contribution is 7.99. The van der Waals surface area contributed by atoms with E-state index in [1.165, 1.54) is 23.9 Å². The normalized spacial score (nSPS) is 12.6. The summed E-state index contributed by atoms with van der Waals surface area (Å²) in [6.07, 6.45) is 1.15. The summed E-state index contributed by atoms with van der Waals surface area (Å²) in [5.74, 6) is 0.0533. The molecule has 1 N–H and O–H groups in total. The Morgan fingerprint density at radius 3 is 2.27 bits per heavy atom. The number of carbonyl (C=O) groups excluding carboxylic acids is 2. The topological polar surface area (TPSA) is 49.4 Å². The average Bonchev–Trinajstić information content (AvgIpc) is 2.89. The van der Waals surface area contributed by atoms with Gasteiger partial charge in [0.25, 0.3) is 0 Å². The number of hydrogen-bond acceptors (Lipinski definition) is 3. The molecule has 0 aromatic heterocycles. The Morgan fingerprint density at radius 1 is 0.946 bits per heavy atom. The van der Waals surface area contributed by atoms with Gasteiger partial charge in [-0.15, -0.1) is 11.8 Å². The van der Waals surface area contributed by atoms with E-state index in [-0.39, 0.29) is 36.0 Å². The standard InChI is InChI=1S/C29H31Cl2FN2O2S/c1-3-20(2)33-29(36)27(16-21-7-5-4-6-8-21)34(17-23-11-14-25(30)26(31)15-23)28(35)19-37-18-22-9-12-24(32)13-10-22/h4-15,20,27H,3,16-19H2,1-2H3,(H,33,36)/t20-,27+/m0/s1. The Labute approximate surface area is 232 Å². The molecule has 2 atom stereocenters. The van der Waals surface area contributed by atoms with Gasteiger partial charge in [0.1, 0.15) is 11.9 Å². The van der Waals surface area contributed by atoms with Gasteiger partial charge in [-0.3, -0.25) is 9.59 Å². The number of nitrogens with one attached hydrogen (secondary N) is 1. The third-order valence-corrected chi connectivity index (χ3v) is 7.74. The molecule has 0 unspecified atom stereocenters. The van der Waals surface area contributed by atoms with Crippen molar-refractivity contribution in [3.63, 3.8) is 0 Å². The molecular formula is C29H31Cl2FN2O2S. The van der Waals surface area contributed by atoms with E-state index in [0.717, 1.165) is 23.1 Å². The SMILES string of the molecule is CC[C@H](C)NC(=O)[C@@H](Cc1ccccc1)N(Cc1ccc(Cl)c(Cl)c1)C(=O)CSCc1ccc(F)cc1.